The summed E-state index contributed by atoms with van der Waals surface area (Å²) in [6, 6.07) is 0. The molecule has 0 aliphatic carbocycles. The highest BCUT2D eigenvalue weighted by atomic mass is 32.1. The summed E-state index contributed by atoms with van der Waals surface area (Å²) < 4.78 is 0. The van der Waals surface area contributed by atoms with E-state index in [4.69, 9.17) is 0 Å². The molecule has 1 heterocycles. The number of aliphatic hydroxyl groups excluding tert-OH is 1. The van der Waals surface area contributed by atoms with Crippen LogP contribution in [0.2, 0.25) is 0 Å². The highest BCUT2D eigenvalue weighted by molar-refractivity contribution is 7.11. The van der Waals surface area contributed by atoms with Gasteiger partial charge in [0.1, 0.15) is 0 Å². The van der Waals surface area contributed by atoms with Crippen molar-refractivity contribution in [1.82, 2.24) is 4.98 Å². The molecule has 0 aliphatic rings. The largest absolute Gasteiger partial charge is 0.388 e. The minimum absolute atomic E-state index is 0.295. The van der Waals surface area contributed by atoms with Crippen LogP contribution in [0, 0.1) is 6.92 Å². The average molecular weight is 185 g/mol. The van der Waals surface area contributed by atoms with Gasteiger partial charge in [-0.2, -0.15) is 0 Å². The predicted octanol–water partition coefficient (Wildman–Crippen LogP) is 2.68. The molecule has 3 heteroatoms. The van der Waals surface area contributed by atoms with Crippen molar-refractivity contribution in [2.45, 2.75) is 39.2 Å². The average Bonchev–Trinajstić information content (AvgIpc) is 2.47. The molecular weight excluding hydrogens is 170 g/mol. The van der Waals surface area contributed by atoms with Crippen LogP contribution in [-0.2, 0) is 0 Å². The van der Waals surface area contributed by atoms with Crippen molar-refractivity contribution >= 4 is 11.3 Å². The maximum absolute atomic E-state index is 9.64. The molecule has 1 unspecified atom stereocenters. The van der Waals surface area contributed by atoms with Gasteiger partial charge in [0, 0.05) is 6.20 Å². The van der Waals surface area contributed by atoms with Crippen molar-refractivity contribution in [3.05, 3.63) is 16.1 Å². The van der Waals surface area contributed by atoms with Gasteiger partial charge in [0.25, 0.3) is 0 Å². The summed E-state index contributed by atoms with van der Waals surface area (Å²) in [5.41, 5.74) is 0. The Labute approximate surface area is 77.3 Å². The molecule has 68 valence electrons. The molecule has 12 heavy (non-hydrogen) atoms. The van der Waals surface area contributed by atoms with E-state index in [9.17, 15) is 5.11 Å². The number of rotatable bonds is 4. The molecule has 0 aliphatic heterocycles. The maximum atomic E-state index is 9.64. The lowest BCUT2D eigenvalue weighted by Gasteiger charge is -2.05. The van der Waals surface area contributed by atoms with E-state index in [1.165, 1.54) is 0 Å². The first-order valence-corrected chi connectivity index (χ1v) is 5.16. The summed E-state index contributed by atoms with van der Waals surface area (Å²) in [5.74, 6) is 0. The lowest BCUT2D eigenvalue weighted by Crippen LogP contribution is -1.93. The maximum Gasteiger partial charge on any atom is 0.0898 e. The number of unbranched alkanes of at least 4 members (excludes halogenated alkanes) is 1. The van der Waals surface area contributed by atoms with Crippen molar-refractivity contribution in [2.24, 2.45) is 0 Å². The molecule has 0 bridgehead atoms. The first kappa shape index (κ1) is 9.68. The van der Waals surface area contributed by atoms with E-state index in [1.54, 1.807) is 17.5 Å². The summed E-state index contributed by atoms with van der Waals surface area (Å²) in [4.78, 5) is 5.11. The molecule has 0 saturated heterocycles. The number of nitrogens with zero attached hydrogens (tertiary/aromatic N) is 1. The first-order valence-electron chi connectivity index (χ1n) is 4.34. The Bertz CT molecular complexity index is 234. The summed E-state index contributed by atoms with van der Waals surface area (Å²) in [7, 11) is 0. The molecule has 1 aromatic heterocycles. The van der Waals surface area contributed by atoms with Gasteiger partial charge in [-0.1, -0.05) is 19.8 Å². The standard InChI is InChI=1S/C9H15NOS/c1-3-4-5-8(11)9-6-10-7(2)12-9/h6,8,11H,3-5H2,1-2H3. The van der Waals surface area contributed by atoms with Crippen LogP contribution in [0.5, 0.6) is 0 Å². The zero-order valence-corrected chi connectivity index (χ0v) is 8.40. The number of aryl methyl sites for hydroxylation is 1. The van der Waals surface area contributed by atoms with Gasteiger partial charge in [-0.05, 0) is 13.3 Å². The highest BCUT2D eigenvalue weighted by Crippen LogP contribution is 2.24. The Kier molecular flexibility index (Phi) is 3.69. The third kappa shape index (κ3) is 2.57. The molecule has 0 saturated carbocycles. The fourth-order valence-electron chi connectivity index (χ4n) is 1.07. The number of aliphatic hydroxyl groups is 1. The monoisotopic (exact) mass is 185 g/mol. The Balaban J connectivity index is 2.47. The normalized spacial score (nSPS) is 13.2. The Morgan fingerprint density at radius 2 is 2.42 bits per heavy atom. The van der Waals surface area contributed by atoms with Gasteiger partial charge < -0.3 is 5.11 Å². The fraction of sp³-hybridized carbons (Fsp3) is 0.667. The summed E-state index contributed by atoms with van der Waals surface area (Å²) >= 11 is 1.59. The molecule has 2 nitrogen and oxygen atoms in total. The van der Waals surface area contributed by atoms with Crippen LogP contribution in [0.25, 0.3) is 0 Å². The van der Waals surface area contributed by atoms with E-state index in [1.807, 2.05) is 6.92 Å². The van der Waals surface area contributed by atoms with E-state index in [0.717, 1.165) is 29.1 Å². The minimum Gasteiger partial charge on any atom is -0.388 e. The van der Waals surface area contributed by atoms with Crippen molar-refractivity contribution in [1.29, 1.82) is 0 Å². The van der Waals surface area contributed by atoms with Crippen LogP contribution < -0.4 is 0 Å². The van der Waals surface area contributed by atoms with E-state index >= 15 is 0 Å². The van der Waals surface area contributed by atoms with Crippen molar-refractivity contribution in [3.8, 4) is 0 Å². The van der Waals surface area contributed by atoms with Crippen molar-refractivity contribution < 1.29 is 5.11 Å². The number of aromatic nitrogens is 1. The molecule has 0 spiro atoms. The SMILES string of the molecule is CCCCC(O)c1cnc(C)s1. The molecule has 0 fully saturated rings. The quantitative estimate of drug-likeness (QED) is 0.782. The van der Waals surface area contributed by atoms with Crippen LogP contribution in [0.4, 0.5) is 0 Å². The lowest BCUT2D eigenvalue weighted by molar-refractivity contribution is 0.168. The van der Waals surface area contributed by atoms with Gasteiger partial charge in [-0.15, -0.1) is 11.3 Å². The zero-order chi connectivity index (χ0) is 8.97. The molecule has 0 amide bonds. The van der Waals surface area contributed by atoms with Crippen LogP contribution >= 0.6 is 11.3 Å². The molecule has 1 N–H and O–H groups in total. The summed E-state index contributed by atoms with van der Waals surface area (Å²) in [6.07, 6.45) is 4.56. The topological polar surface area (TPSA) is 33.1 Å². The molecule has 0 aromatic carbocycles. The Morgan fingerprint density at radius 3 is 2.92 bits per heavy atom. The van der Waals surface area contributed by atoms with Gasteiger partial charge in [-0.25, -0.2) is 4.98 Å². The zero-order valence-electron chi connectivity index (χ0n) is 7.58. The second-order valence-corrected chi connectivity index (χ2v) is 4.21. The minimum atomic E-state index is -0.295. The first-order chi connectivity index (χ1) is 5.74. The number of hydrogen-bond acceptors (Lipinski definition) is 3. The van der Waals surface area contributed by atoms with Gasteiger partial charge in [0.15, 0.2) is 0 Å². The molecule has 1 rings (SSSR count). The van der Waals surface area contributed by atoms with Crippen LogP contribution in [0.1, 0.15) is 42.2 Å². The smallest absolute Gasteiger partial charge is 0.0898 e. The number of thiazole rings is 1. The molecule has 0 radical (unpaired) electrons. The van der Waals surface area contributed by atoms with E-state index < -0.39 is 0 Å². The highest BCUT2D eigenvalue weighted by Gasteiger charge is 2.08. The molecule has 1 atom stereocenters. The summed E-state index contributed by atoms with van der Waals surface area (Å²) in [6.45, 7) is 4.09. The van der Waals surface area contributed by atoms with E-state index in [0.29, 0.717) is 0 Å². The Hall–Kier alpha value is -0.410. The number of hydrogen-bond donors (Lipinski definition) is 1. The fourth-order valence-corrected chi connectivity index (χ4v) is 1.88. The van der Waals surface area contributed by atoms with Crippen molar-refractivity contribution in [2.75, 3.05) is 0 Å². The molecular formula is C9H15NOS. The lowest BCUT2D eigenvalue weighted by atomic mass is 10.1. The van der Waals surface area contributed by atoms with Gasteiger partial charge in [-0.3, -0.25) is 0 Å². The van der Waals surface area contributed by atoms with Gasteiger partial charge in [0.2, 0.25) is 0 Å². The third-order valence-corrected chi connectivity index (χ3v) is 2.81. The van der Waals surface area contributed by atoms with E-state index in [2.05, 4.69) is 11.9 Å². The van der Waals surface area contributed by atoms with Crippen LogP contribution in [0.15, 0.2) is 6.20 Å². The summed E-state index contributed by atoms with van der Waals surface area (Å²) in [5, 5.41) is 10.7. The van der Waals surface area contributed by atoms with Crippen LogP contribution in [0.3, 0.4) is 0 Å². The van der Waals surface area contributed by atoms with E-state index in [-0.39, 0.29) is 6.10 Å². The third-order valence-electron chi connectivity index (χ3n) is 1.80. The van der Waals surface area contributed by atoms with Crippen LogP contribution in [-0.4, -0.2) is 10.1 Å². The second kappa shape index (κ2) is 4.58. The van der Waals surface area contributed by atoms with Gasteiger partial charge in [0.05, 0.1) is 16.0 Å². The van der Waals surface area contributed by atoms with Gasteiger partial charge >= 0.3 is 0 Å². The molecule has 1 aromatic rings. The van der Waals surface area contributed by atoms with Crippen molar-refractivity contribution in [3.63, 3.8) is 0 Å². The Morgan fingerprint density at radius 1 is 1.67 bits per heavy atom. The predicted molar refractivity (Wildman–Crippen MR) is 51.3 cm³/mol. The second-order valence-electron chi connectivity index (χ2n) is 2.94.